The van der Waals surface area contributed by atoms with Crippen LogP contribution in [0.5, 0.6) is 0 Å². The highest BCUT2D eigenvalue weighted by molar-refractivity contribution is 5.94. The van der Waals surface area contributed by atoms with Crippen molar-refractivity contribution in [2.24, 2.45) is 0 Å². The van der Waals surface area contributed by atoms with Gasteiger partial charge in [0, 0.05) is 12.3 Å². The van der Waals surface area contributed by atoms with Crippen LogP contribution < -0.4 is 16.6 Å². The van der Waals surface area contributed by atoms with Crippen LogP contribution in [0.4, 0.5) is 8.78 Å². The number of nitrogens with one attached hydrogen (secondary N) is 2. The largest absolute Gasteiger partial charge is 0.388 e. The summed E-state index contributed by atoms with van der Waals surface area (Å²) in [7, 11) is 0. The van der Waals surface area contributed by atoms with E-state index in [-0.39, 0.29) is 13.2 Å². The summed E-state index contributed by atoms with van der Waals surface area (Å²) in [5.74, 6) is -3.51. The number of carbonyl (C=O) groups excluding carboxylic acids is 1. The molecule has 4 N–H and O–H groups in total. The number of aliphatic hydroxyl groups excluding tert-OH is 2. The molecule has 1 saturated heterocycles. The molecular weight excluding hydrogens is 380 g/mol. The van der Waals surface area contributed by atoms with E-state index in [0.29, 0.717) is 0 Å². The summed E-state index contributed by atoms with van der Waals surface area (Å²) >= 11 is 0. The van der Waals surface area contributed by atoms with Gasteiger partial charge in [-0.15, -0.1) is 0 Å². The zero-order valence-corrected chi connectivity index (χ0v) is 14.3. The van der Waals surface area contributed by atoms with E-state index in [0.717, 1.165) is 28.8 Å². The minimum Gasteiger partial charge on any atom is -0.388 e. The zero-order chi connectivity index (χ0) is 20.4. The van der Waals surface area contributed by atoms with Crippen molar-refractivity contribution in [3.05, 3.63) is 68.5 Å². The Kier molecular flexibility index (Phi) is 5.68. The second kappa shape index (κ2) is 8.00. The molecule has 3 rings (SSSR count). The molecule has 1 amide bonds. The third-order valence-electron chi connectivity index (χ3n) is 4.42. The zero-order valence-electron chi connectivity index (χ0n) is 14.3. The molecule has 28 heavy (non-hydrogen) atoms. The predicted molar refractivity (Wildman–Crippen MR) is 90.7 cm³/mol. The maximum Gasteiger partial charge on any atom is 0.328 e. The molecule has 1 aromatic carbocycles. The molecule has 0 bridgehead atoms. The van der Waals surface area contributed by atoms with Crippen molar-refractivity contribution in [2.75, 3.05) is 6.61 Å². The van der Waals surface area contributed by atoms with Crippen molar-refractivity contribution in [1.82, 2.24) is 14.9 Å². The molecule has 2 aromatic rings. The molecule has 4 atom stereocenters. The summed E-state index contributed by atoms with van der Waals surface area (Å²) in [6.45, 7) is -0.406. The lowest BCUT2D eigenvalue weighted by Crippen LogP contribution is -2.60. The molecular formula is C17H17F2N3O6. The minimum absolute atomic E-state index is 0.160. The Morgan fingerprint density at radius 2 is 2.00 bits per heavy atom. The molecule has 1 aromatic heterocycles. The number of nitrogens with zero attached hydrogens (tertiary/aromatic N) is 1. The molecule has 0 radical (unpaired) electrons. The second-order valence-electron chi connectivity index (χ2n) is 6.30. The van der Waals surface area contributed by atoms with E-state index in [9.17, 15) is 33.4 Å². The highest BCUT2D eigenvalue weighted by Gasteiger charge is 2.39. The molecule has 11 heteroatoms. The summed E-state index contributed by atoms with van der Waals surface area (Å²) < 4.78 is 33.5. The van der Waals surface area contributed by atoms with Crippen molar-refractivity contribution in [3.8, 4) is 0 Å². The highest BCUT2D eigenvalue weighted by Crippen LogP contribution is 2.18. The molecule has 2 heterocycles. The smallest absolute Gasteiger partial charge is 0.328 e. The first-order chi connectivity index (χ1) is 13.3. The number of hydrogen-bond acceptors (Lipinski definition) is 6. The number of amides is 1. The van der Waals surface area contributed by atoms with Crippen LogP contribution in [-0.4, -0.2) is 56.6 Å². The van der Waals surface area contributed by atoms with Crippen LogP contribution in [0.25, 0.3) is 0 Å². The number of aromatic nitrogens is 2. The number of ether oxygens (including phenoxy) is 1. The summed E-state index contributed by atoms with van der Waals surface area (Å²) in [5.41, 5.74) is -1.85. The molecule has 1 aliphatic rings. The SMILES string of the molecule is O=C(N[C@@H]1CO[C@H](Cn2ccc(=O)[nH]c2=O)[C@@H](O)[C@H]1O)c1cccc(F)c1F. The fourth-order valence-electron chi connectivity index (χ4n) is 2.88. The standard InChI is InChI=1S/C17H17F2N3O6/c18-9-3-1-2-8(13(9)19)16(26)20-10-7-28-11(15(25)14(10)24)6-22-5-4-12(23)21-17(22)27/h1-5,10-11,14-15,24-25H,6-7H2,(H,20,26)(H,21,23,27)/t10-,11-,14+,15-/m1/s1. The molecule has 1 aliphatic heterocycles. The Bertz CT molecular complexity index is 991. The summed E-state index contributed by atoms with van der Waals surface area (Å²) in [5, 5.41) is 22.8. The van der Waals surface area contributed by atoms with Gasteiger partial charge in [0.2, 0.25) is 0 Å². The van der Waals surface area contributed by atoms with Crippen molar-refractivity contribution in [3.63, 3.8) is 0 Å². The maximum atomic E-state index is 13.7. The van der Waals surface area contributed by atoms with E-state index in [1.54, 1.807) is 0 Å². The quantitative estimate of drug-likeness (QED) is 0.509. The first-order valence-electron chi connectivity index (χ1n) is 8.30. The second-order valence-corrected chi connectivity index (χ2v) is 6.30. The van der Waals surface area contributed by atoms with Gasteiger partial charge in [-0.25, -0.2) is 13.6 Å². The molecule has 0 aliphatic carbocycles. The Morgan fingerprint density at radius 1 is 1.25 bits per heavy atom. The van der Waals surface area contributed by atoms with Crippen LogP contribution >= 0.6 is 0 Å². The van der Waals surface area contributed by atoms with Gasteiger partial charge in [0.25, 0.3) is 11.5 Å². The molecule has 9 nitrogen and oxygen atoms in total. The predicted octanol–water partition coefficient (Wildman–Crippen LogP) is -1.27. The van der Waals surface area contributed by atoms with Crippen molar-refractivity contribution < 1.29 is 28.5 Å². The molecule has 0 spiro atoms. The van der Waals surface area contributed by atoms with Gasteiger partial charge in [-0.1, -0.05) is 6.07 Å². The normalized spacial score (nSPS) is 24.7. The van der Waals surface area contributed by atoms with Crippen molar-refractivity contribution in [2.45, 2.75) is 30.9 Å². The number of rotatable bonds is 4. The summed E-state index contributed by atoms with van der Waals surface area (Å²) in [4.78, 5) is 37.0. The molecule has 0 unspecified atom stereocenters. The summed E-state index contributed by atoms with van der Waals surface area (Å²) in [6.07, 6.45) is -2.77. The number of benzene rings is 1. The first kappa shape index (κ1) is 19.9. The monoisotopic (exact) mass is 397 g/mol. The van der Waals surface area contributed by atoms with Crippen LogP contribution in [-0.2, 0) is 11.3 Å². The van der Waals surface area contributed by atoms with Crippen LogP contribution in [0, 0.1) is 11.6 Å². The minimum atomic E-state index is -1.49. The average Bonchev–Trinajstić information content (AvgIpc) is 2.65. The van der Waals surface area contributed by atoms with E-state index in [1.807, 2.05) is 4.98 Å². The fourth-order valence-corrected chi connectivity index (χ4v) is 2.88. The van der Waals surface area contributed by atoms with Crippen molar-refractivity contribution in [1.29, 1.82) is 0 Å². The Labute approximate surface area is 156 Å². The number of aromatic amines is 1. The Morgan fingerprint density at radius 3 is 2.71 bits per heavy atom. The number of carbonyl (C=O) groups is 1. The van der Waals surface area contributed by atoms with Gasteiger partial charge in [0.1, 0.15) is 18.3 Å². The van der Waals surface area contributed by atoms with Gasteiger partial charge >= 0.3 is 5.69 Å². The fraction of sp³-hybridized carbons (Fsp3) is 0.353. The van der Waals surface area contributed by atoms with Gasteiger partial charge < -0.3 is 20.3 Å². The maximum absolute atomic E-state index is 13.7. The van der Waals surface area contributed by atoms with Gasteiger partial charge in [-0.2, -0.15) is 0 Å². The third kappa shape index (κ3) is 4.01. The van der Waals surface area contributed by atoms with Gasteiger partial charge in [-0.05, 0) is 12.1 Å². The topological polar surface area (TPSA) is 134 Å². The van der Waals surface area contributed by atoms with E-state index in [2.05, 4.69) is 5.32 Å². The highest BCUT2D eigenvalue weighted by atomic mass is 19.2. The summed E-state index contributed by atoms with van der Waals surface area (Å²) in [6, 6.07) is 3.12. The van der Waals surface area contributed by atoms with E-state index in [4.69, 9.17) is 4.74 Å². The van der Waals surface area contributed by atoms with Crippen LogP contribution in [0.15, 0.2) is 40.1 Å². The lowest BCUT2D eigenvalue weighted by Gasteiger charge is -2.38. The van der Waals surface area contributed by atoms with Crippen LogP contribution in [0.1, 0.15) is 10.4 Å². The number of hydrogen-bond donors (Lipinski definition) is 4. The number of halogens is 2. The average molecular weight is 397 g/mol. The van der Waals surface area contributed by atoms with E-state index >= 15 is 0 Å². The van der Waals surface area contributed by atoms with Gasteiger partial charge in [0.15, 0.2) is 11.6 Å². The van der Waals surface area contributed by atoms with Crippen LogP contribution in [0.2, 0.25) is 0 Å². The van der Waals surface area contributed by atoms with Crippen LogP contribution in [0.3, 0.4) is 0 Å². The molecule has 150 valence electrons. The van der Waals surface area contributed by atoms with Gasteiger partial charge in [-0.3, -0.25) is 19.1 Å². The number of aliphatic hydroxyl groups is 2. The number of H-pyrrole nitrogens is 1. The van der Waals surface area contributed by atoms with E-state index in [1.165, 1.54) is 6.20 Å². The Hall–Kier alpha value is -2.89. The lowest BCUT2D eigenvalue weighted by molar-refractivity contribution is -0.152. The first-order valence-corrected chi connectivity index (χ1v) is 8.30. The third-order valence-corrected chi connectivity index (χ3v) is 4.42. The molecule has 0 saturated carbocycles. The van der Waals surface area contributed by atoms with Crippen molar-refractivity contribution >= 4 is 5.91 Å². The van der Waals surface area contributed by atoms with Gasteiger partial charge in [0.05, 0.1) is 24.8 Å². The lowest BCUT2D eigenvalue weighted by atomic mass is 9.97. The van der Waals surface area contributed by atoms with E-state index < -0.39 is 58.7 Å². The molecule has 1 fully saturated rings. The Balaban J connectivity index is 1.68.